The Morgan fingerprint density at radius 3 is 1.95 bits per heavy atom. The third-order valence-electron chi connectivity index (χ3n) is 3.03. The van der Waals surface area contributed by atoms with E-state index in [0.717, 1.165) is 26.0 Å². The van der Waals surface area contributed by atoms with Gasteiger partial charge in [0.05, 0.1) is 20.1 Å². The van der Waals surface area contributed by atoms with Crippen LogP contribution in [0.15, 0.2) is 34.8 Å². The summed E-state index contributed by atoms with van der Waals surface area (Å²) >= 11 is 28.4. The molecule has 0 N–H and O–H groups in total. The fraction of sp³-hybridized carbons (Fsp3) is 0. The van der Waals surface area contributed by atoms with Crippen molar-refractivity contribution in [2.24, 2.45) is 0 Å². The van der Waals surface area contributed by atoms with Crippen LogP contribution in [0.25, 0.3) is 21.5 Å². The van der Waals surface area contributed by atoms with Gasteiger partial charge in [-0.3, -0.25) is 0 Å². The first kappa shape index (κ1) is 13.8. The molecular formula is C14H5BrCl4. The maximum atomic E-state index is 6.34. The zero-order valence-electron chi connectivity index (χ0n) is 9.28. The molecule has 0 amide bonds. The Hall–Kier alpha value is -0.180. The van der Waals surface area contributed by atoms with Crippen molar-refractivity contribution in [3.05, 3.63) is 54.9 Å². The zero-order chi connectivity index (χ0) is 13.7. The Morgan fingerprint density at radius 1 is 0.684 bits per heavy atom. The van der Waals surface area contributed by atoms with E-state index in [0.29, 0.717) is 10.0 Å². The summed E-state index contributed by atoms with van der Waals surface area (Å²) in [6, 6.07) is 9.81. The predicted molar refractivity (Wildman–Crippen MR) is 89.2 cm³/mol. The fourth-order valence-electron chi connectivity index (χ4n) is 2.16. The molecule has 0 aliphatic rings. The summed E-state index contributed by atoms with van der Waals surface area (Å²) in [7, 11) is 0. The zero-order valence-corrected chi connectivity index (χ0v) is 13.9. The average Bonchev–Trinajstić information content (AvgIpc) is 2.43. The van der Waals surface area contributed by atoms with Crippen molar-refractivity contribution in [3.8, 4) is 0 Å². The normalized spacial score (nSPS) is 11.4. The summed E-state index contributed by atoms with van der Waals surface area (Å²) in [4.78, 5) is 0. The lowest BCUT2D eigenvalue weighted by molar-refractivity contribution is 1.73. The third kappa shape index (κ3) is 2.03. The molecule has 0 bridgehead atoms. The predicted octanol–water partition coefficient (Wildman–Crippen LogP) is 7.37. The second-order valence-electron chi connectivity index (χ2n) is 4.08. The molecule has 0 fully saturated rings. The first-order valence-electron chi connectivity index (χ1n) is 5.35. The number of fused-ring (bicyclic) bond motifs is 3. The van der Waals surface area contributed by atoms with Crippen molar-refractivity contribution in [2.75, 3.05) is 0 Å². The highest BCUT2D eigenvalue weighted by Crippen LogP contribution is 2.46. The topological polar surface area (TPSA) is 0 Å². The Morgan fingerprint density at radius 2 is 1.26 bits per heavy atom. The fourth-order valence-corrected chi connectivity index (χ4v) is 3.76. The van der Waals surface area contributed by atoms with Crippen LogP contribution in [0.3, 0.4) is 0 Å². The van der Waals surface area contributed by atoms with Crippen molar-refractivity contribution >= 4 is 83.9 Å². The molecule has 0 radical (unpaired) electrons. The van der Waals surface area contributed by atoms with E-state index in [1.807, 2.05) is 30.3 Å². The molecule has 0 atom stereocenters. The van der Waals surface area contributed by atoms with Crippen LogP contribution in [0.1, 0.15) is 0 Å². The smallest absolute Gasteiger partial charge is 0.0800 e. The van der Waals surface area contributed by atoms with Gasteiger partial charge < -0.3 is 0 Å². The minimum Gasteiger partial charge on any atom is -0.0820 e. The van der Waals surface area contributed by atoms with Crippen LogP contribution in [-0.2, 0) is 0 Å². The van der Waals surface area contributed by atoms with Crippen LogP contribution in [0.4, 0.5) is 0 Å². The molecule has 0 aromatic heterocycles. The highest BCUT2D eigenvalue weighted by atomic mass is 79.9. The molecule has 19 heavy (non-hydrogen) atoms. The highest BCUT2D eigenvalue weighted by molar-refractivity contribution is 9.10. The molecule has 0 unspecified atom stereocenters. The average molecular weight is 395 g/mol. The Balaban J connectivity index is 2.70. The maximum absolute atomic E-state index is 6.34. The second-order valence-corrected chi connectivity index (χ2v) is 6.45. The number of benzene rings is 3. The molecule has 0 heterocycles. The van der Waals surface area contributed by atoms with E-state index in [4.69, 9.17) is 46.4 Å². The molecule has 0 aliphatic carbocycles. The van der Waals surface area contributed by atoms with Crippen molar-refractivity contribution in [2.45, 2.75) is 0 Å². The van der Waals surface area contributed by atoms with Gasteiger partial charge in [-0.05, 0) is 16.8 Å². The lowest BCUT2D eigenvalue weighted by Crippen LogP contribution is -1.85. The van der Waals surface area contributed by atoms with E-state index >= 15 is 0 Å². The molecule has 3 aromatic rings. The largest absolute Gasteiger partial charge is 0.0820 e. The van der Waals surface area contributed by atoms with Gasteiger partial charge in [0.2, 0.25) is 0 Å². The van der Waals surface area contributed by atoms with Gasteiger partial charge in [-0.15, -0.1) is 0 Å². The minimum absolute atomic E-state index is 0.281. The molecular weight excluding hydrogens is 390 g/mol. The van der Waals surface area contributed by atoms with Crippen molar-refractivity contribution in [1.29, 1.82) is 0 Å². The first-order chi connectivity index (χ1) is 9.02. The van der Waals surface area contributed by atoms with Crippen LogP contribution in [-0.4, -0.2) is 0 Å². The van der Waals surface area contributed by atoms with E-state index < -0.39 is 0 Å². The van der Waals surface area contributed by atoms with E-state index in [9.17, 15) is 0 Å². The molecule has 0 saturated heterocycles. The maximum Gasteiger partial charge on any atom is 0.0800 e. The molecule has 96 valence electrons. The van der Waals surface area contributed by atoms with E-state index in [1.54, 1.807) is 0 Å². The number of rotatable bonds is 0. The Kier molecular flexibility index (Phi) is 3.61. The molecule has 0 spiro atoms. The standard InChI is InChI=1S/C14H5BrCl4/c15-9-5-8-10(7-4-2-1-3-6(7)9)12(17)14(19)13(18)11(8)16/h1-5H. The molecule has 3 aromatic carbocycles. The Bertz CT molecular complexity index is 827. The highest BCUT2D eigenvalue weighted by Gasteiger charge is 2.17. The van der Waals surface area contributed by atoms with Gasteiger partial charge in [0, 0.05) is 15.2 Å². The molecule has 5 heteroatoms. The number of hydrogen-bond acceptors (Lipinski definition) is 0. The summed E-state index contributed by atoms with van der Waals surface area (Å²) < 4.78 is 0.937. The van der Waals surface area contributed by atoms with E-state index in [-0.39, 0.29) is 10.0 Å². The molecule has 0 saturated carbocycles. The lowest BCUT2D eigenvalue weighted by Gasteiger charge is -2.12. The van der Waals surface area contributed by atoms with Crippen LogP contribution >= 0.6 is 62.3 Å². The summed E-state index contributed by atoms with van der Waals surface area (Å²) in [5.41, 5.74) is 0. The second kappa shape index (κ2) is 4.98. The van der Waals surface area contributed by atoms with Crippen molar-refractivity contribution < 1.29 is 0 Å². The first-order valence-corrected chi connectivity index (χ1v) is 7.65. The van der Waals surface area contributed by atoms with Gasteiger partial charge in [0.1, 0.15) is 0 Å². The minimum atomic E-state index is 0.281. The van der Waals surface area contributed by atoms with Crippen LogP contribution < -0.4 is 0 Å². The van der Waals surface area contributed by atoms with Gasteiger partial charge >= 0.3 is 0 Å². The molecule has 0 nitrogen and oxygen atoms in total. The summed E-state index contributed by atoms with van der Waals surface area (Å²) in [5.74, 6) is 0. The quantitative estimate of drug-likeness (QED) is 0.212. The van der Waals surface area contributed by atoms with Crippen LogP contribution in [0.2, 0.25) is 20.1 Å². The van der Waals surface area contributed by atoms with Crippen LogP contribution in [0, 0.1) is 0 Å². The number of halogens is 5. The van der Waals surface area contributed by atoms with Crippen molar-refractivity contribution in [1.82, 2.24) is 0 Å². The number of hydrogen-bond donors (Lipinski definition) is 0. The molecule has 3 rings (SSSR count). The van der Waals surface area contributed by atoms with Gasteiger partial charge in [0.15, 0.2) is 0 Å². The van der Waals surface area contributed by atoms with Gasteiger partial charge in [0.25, 0.3) is 0 Å². The summed E-state index contributed by atoms with van der Waals surface area (Å²) in [6.07, 6.45) is 0. The lowest BCUT2D eigenvalue weighted by atomic mass is 10.0. The Labute approximate surface area is 138 Å². The van der Waals surface area contributed by atoms with Gasteiger partial charge in [-0.25, -0.2) is 0 Å². The van der Waals surface area contributed by atoms with E-state index in [2.05, 4.69) is 15.9 Å². The van der Waals surface area contributed by atoms with Crippen LogP contribution in [0.5, 0.6) is 0 Å². The van der Waals surface area contributed by atoms with E-state index in [1.165, 1.54) is 0 Å². The third-order valence-corrected chi connectivity index (χ3v) is 5.50. The summed E-state index contributed by atoms with van der Waals surface area (Å²) in [6.45, 7) is 0. The SMILES string of the molecule is Clc1c(Cl)c(Cl)c2c(cc(Br)c3ccccc32)c1Cl. The summed E-state index contributed by atoms with van der Waals surface area (Å²) in [5, 5.41) is 5.04. The molecule has 0 aliphatic heterocycles. The monoisotopic (exact) mass is 392 g/mol. The van der Waals surface area contributed by atoms with Crippen molar-refractivity contribution in [3.63, 3.8) is 0 Å². The van der Waals surface area contributed by atoms with Gasteiger partial charge in [-0.1, -0.05) is 86.6 Å². The van der Waals surface area contributed by atoms with Gasteiger partial charge in [-0.2, -0.15) is 0 Å².